The molecule has 168 valence electrons. The van der Waals surface area contributed by atoms with E-state index in [0.29, 0.717) is 51.5 Å². The Morgan fingerprint density at radius 1 is 0.966 bits per heavy atom. The molecule has 1 fully saturated rings. The minimum absolute atomic E-state index is 0.210. The van der Waals surface area contributed by atoms with Gasteiger partial charge in [-0.15, -0.1) is 0 Å². The molecule has 0 aromatic carbocycles. The van der Waals surface area contributed by atoms with Crippen LogP contribution in [-0.2, 0) is 14.3 Å². The van der Waals surface area contributed by atoms with Crippen molar-refractivity contribution >= 4 is 17.8 Å². The Morgan fingerprint density at radius 3 is 2.17 bits per heavy atom. The molecule has 0 radical (unpaired) electrons. The fourth-order valence-electron chi connectivity index (χ4n) is 3.23. The molecule has 8 heteroatoms. The standard InChI is InChI=1S/C21H41N5O3/c1-5-29-16-11-24-21(22-4)23-10-8-6-7-9-19(27)25-12-14-26(15-13-25)20(28)17-18(2)3/h18H,5-17H2,1-4H3,(H2,22,23,24). The molecule has 1 rings (SSSR count). The highest BCUT2D eigenvalue weighted by Gasteiger charge is 2.23. The fraction of sp³-hybridized carbons (Fsp3) is 0.857. The Bertz CT molecular complexity index is 503. The fourth-order valence-corrected chi connectivity index (χ4v) is 3.23. The molecule has 0 spiro atoms. The van der Waals surface area contributed by atoms with Crippen LogP contribution in [0.5, 0.6) is 0 Å². The molecule has 29 heavy (non-hydrogen) atoms. The van der Waals surface area contributed by atoms with Crippen LogP contribution in [0.2, 0.25) is 0 Å². The van der Waals surface area contributed by atoms with Crippen LogP contribution >= 0.6 is 0 Å². The number of carbonyl (C=O) groups is 2. The minimum Gasteiger partial charge on any atom is -0.380 e. The van der Waals surface area contributed by atoms with Crippen LogP contribution in [0.25, 0.3) is 0 Å². The van der Waals surface area contributed by atoms with Gasteiger partial charge in [-0.2, -0.15) is 0 Å². The Labute approximate surface area is 176 Å². The SMILES string of the molecule is CCOCCNC(=NC)NCCCCCC(=O)N1CCN(C(=O)CC(C)C)CC1. The van der Waals surface area contributed by atoms with Crippen LogP contribution in [-0.4, -0.2) is 87.1 Å². The van der Waals surface area contributed by atoms with Gasteiger partial charge in [-0.3, -0.25) is 14.6 Å². The van der Waals surface area contributed by atoms with E-state index in [4.69, 9.17) is 4.74 Å². The Kier molecular flexibility index (Phi) is 13.1. The highest BCUT2D eigenvalue weighted by molar-refractivity contribution is 5.79. The number of piperazine rings is 1. The molecule has 2 N–H and O–H groups in total. The first-order chi connectivity index (χ1) is 14.0. The number of aliphatic imine (C=N–C) groups is 1. The third-order valence-electron chi connectivity index (χ3n) is 4.89. The van der Waals surface area contributed by atoms with E-state index in [-0.39, 0.29) is 11.8 Å². The number of carbonyl (C=O) groups excluding carboxylic acids is 2. The monoisotopic (exact) mass is 411 g/mol. The molecule has 0 atom stereocenters. The summed E-state index contributed by atoms with van der Waals surface area (Å²) in [6.45, 7) is 11.7. The molecule has 1 saturated heterocycles. The number of ether oxygens (including phenoxy) is 1. The van der Waals surface area contributed by atoms with Crippen molar-refractivity contribution in [3.8, 4) is 0 Å². The van der Waals surface area contributed by atoms with E-state index < -0.39 is 0 Å². The molecule has 2 amide bonds. The van der Waals surface area contributed by atoms with Gasteiger partial charge in [0.1, 0.15) is 0 Å². The largest absolute Gasteiger partial charge is 0.380 e. The number of amides is 2. The molecule has 0 aromatic heterocycles. The van der Waals surface area contributed by atoms with Crippen molar-refractivity contribution in [2.45, 2.75) is 52.9 Å². The molecule has 0 bridgehead atoms. The number of hydrogen-bond acceptors (Lipinski definition) is 4. The first-order valence-corrected chi connectivity index (χ1v) is 11.1. The zero-order valence-electron chi connectivity index (χ0n) is 18.8. The van der Waals surface area contributed by atoms with Gasteiger partial charge >= 0.3 is 0 Å². The van der Waals surface area contributed by atoms with Crippen LogP contribution in [0, 0.1) is 5.92 Å². The minimum atomic E-state index is 0.210. The average molecular weight is 412 g/mol. The number of rotatable bonds is 12. The van der Waals surface area contributed by atoms with Crippen molar-refractivity contribution in [3.63, 3.8) is 0 Å². The van der Waals surface area contributed by atoms with Gasteiger partial charge in [0, 0.05) is 65.8 Å². The van der Waals surface area contributed by atoms with E-state index in [2.05, 4.69) is 29.5 Å². The highest BCUT2D eigenvalue weighted by atomic mass is 16.5. The summed E-state index contributed by atoms with van der Waals surface area (Å²) in [7, 11) is 1.75. The predicted octanol–water partition coefficient (Wildman–Crippen LogP) is 1.47. The van der Waals surface area contributed by atoms with Gasteiger partial charge in [-0.1, -0.05) is 20.3 Å². The van der Waals surface area contributed by atoms with E-state index in [0.717, 1.165) is 44.9 Å². The van der Waals surface area contributed by atoms with E-state index >= 15 is 0 Å². The molecule has 0 unspecified atom stereocenters. The molecule has 0 saturated carbocycles. The third-order valence-corrected chi connectivity index (χ3v) is 4.89. The second kappa shape index (κ2) is 15.1. The smallest absolute Gasteiger partial charge is 0.222 e. The van der Waals surface area contributed by atoms with Crippen LogP contribution < -0.4 is 10.6 Å². The number of unbranched alkanes of at least 4 members (excludes halogenated alkanes) is 2. The predicted molar refractivity (Wildman–Crippen MR) is 117 cm³/mol. The molecular formula is C21H41N5O3. The lowest BCUT2D eigenvalue weighted by molar-refractivity contribution is -0.140. The van der Waals surface area contributed by atoms with Crippen molar-refractivity contribution in [1.82, 2.24) is 20.4 Å². The zero-order valence-corrected chi connectivity index (χ0v) is 18.8. The summed E-state index contributed by atoms with van der Waals surface area (Å²) in [5.41, 5.74) is 0. The van der Waals surface area contributed by atoms with Gasteiger partial charge in [-0.25, -0.2) is 0 Å². The summed E-state index contributed by atoms with van der Waals surface area (Å²) >= 11 is 0. The van der Waals surface area contributed by atoms with E-state index in [1.54, 1.807) is 7.05 Å². The maximum absolute atomic E-state index is 12.4. The topological polar surface area (TPSA) is 86.3 Å². The molecule has 0 aromatic rings. The summed E-state index contributed by atoms with van der Waals surface area (Å²) in [6, 6.07) is 0. The van der Waals surface area contributed by atoms with E-state index in [1.165, 1.54) is 0 Å². The van der Waals surface area contributed by atoms with Gasteiger partial charge in [0.15, 0.2) is 5.96 Å². The molecule has 0 aliphatic carbocycles. The molecule has 1 aliphatic rings. The lowest BCUT2D eigenvalue weighted by Gasteiger charge is -2.35. The summed E-state index contributed by atoms with van der Waals surface area (Å²) < 4.78 is 5.29. The summed E-state index contributed by atoms with van der Waals surface area (Å²) in [5.74, 6) is 1.58. The quantitative estimate of drug-likeness (QED) is 0.288. The third kappa shape index (κ3) is 11.1. The maximum Gasteiger partial charge on any atom is 0.222 e. The van der Waals surface area contributed by atoms with Crippen molar-refractivity contribution in [1.29, 1.82) is 0 Å². The number of nitrogens with zero attached hydrogens (tertiary/aromatic N) is 3. The lowest BCUT2D eigenvalue weighted by atomic mass is 10.1. The van der Waals surface area contributed by atoms with Gasteiger partial charge in [-0.05, 0) is 25.7 Å². The number of guanidine groups is 1. The van der Waals surface area contributed by atoms with Gasteiger partial charge in [0.05, 0.1) is 6.61 Å². The summed E-state index contributed by atoms with van der Waals surface area (Å²) in [4.78, 5) is 32.5. The van der Waals surface area contributed by atoms with Crippen molar-refractivity contribution in [2.24, 2.45) is 10.9 Å². The number of nitrogens with one attached hydrogen (secondary N) is 2. The van der Waals surface area contributed by atoms with Crippen LogP contribution in [0.3, 0.4) is 0 Å². The van der Waals surface area contributed by atoms with Crippen LogP contribution in [0.15, 0.2) is 4.99 Å². The summed E-state index contributed by atoms with van der Waals surface area (Å²) in [6.07, 6.45) is 4.07. The average Bonchev–Trinajstić information content (AvgIpc) is 2.71. The van der Waals surface area contributed by atoms with Crippen LogP contribution in [0.4, 0.5) is 0 Å². The van der Waals surface area contributed by atoms with Crippen LogP contribution in [0.1, 0.15) is 52.9 Å². The van der Waals surface area contributed by atoms with Crippen molar-refractivity contribution in [3.05, 3.63) is 0 Å². The molecule has 8 nitrogen and oxygen atoms in total. The van der Waals surface area contributed by atoms with Gasteiger partial charge < -0.3 is 25.2 Å². The second-order valence-electron chi connectivity index (χ2n) is 7.79. The van der Waals surface area contributed by atoms with Gasteiger partial charge in [0.25, 0.3) is 0 Å². The first kappa shape index (κ1) is 25.2. The second-order valence-corrected chi connectivity index (χ2v) is 7.79. The number of hydrogen-bond donors (Lipinski definition) is 2. The zero-order chi connectivity index (χ0) is 21.5. The van der Waals surface area contributed by atoms with Crippen molar-refractivity contribution in [2.75, 3.05) is 59.5 Å². The maximum atomic E-state index is 12.4. The van der Waals surface area contributed by atoms with E-state index in [9.17, 15) is 9.59 Å². The Balaban J connectivity index is 2.09. The first-order valence-electron chi connectivity index (χ1n) is 11.1. The summed E-state index contributed by atoms with van der Waals surface area (Å²) in [5, 5.41) is 6.48. The Hall–Kier alpha value is -1.83. The molecule has 1 aliphatic heterocycles. The Morgan fingerprint density at radius 2 is 1.59 bits per heavy atom. The highest BCUT2D eigenvalue weighted by Crippen LogP contribution is 2.10. The molecular weight excluding hydrogens is 370 g/mol. The van der Waals surface area contributed by atoms with E-state index in [1.807, 2.05) is 16.7 Å². The van der Waals surface area contributed by atoms with Crippen molar-refractivity contribution < 1.29 is 14.3 Å². The molecule has 1 heterocycles. The lowest BCUT2D eigenvalue weighted by Crippen LogP contribution is -2.50. The normalized spacial score (nSPS) is 15.0. The van der Waals surface area contributed by atoms with Gasteiger partial charge in [0.2, 0.25) is 11.8 Å².